The minimum absolute atomic E-state index is 0.0932. The number of benzene rings is 3. The Labute approximate surface area is 210 Å². The second kappa shape index (κ2) is 10.5. The number of likely N-dealkylation sites (tertiary alicyclic amines) is 1. The smallest absolute Gasteiger partial charge is 0.218 e. The summed E-state index contributed by atoms with van der Waals surface area (Å²) in [7, 11) is 0. The van der Waals surface area contributed by atoms with E-state index >= 15 is 0 Å². The summed E-state index contributed by atoms with van der Waals surface area (Å²) in [6, 6.07) is 32.1. The Morgan fingerprint density at radius 2 is 1.49 bits per heavy atom. The van der Waals surface area contributed by atoms with Gasteiger partial charge < -0.3 is 4.42 Å². The van der Waals surface area contributed by atoms with Gasteiger partial charge in [-0.2, -0.15) is 0 Å². The van der Waals surface area contributed by atoms with Crippen molar-refractivity contribution in [3.05, 3.63) is 132 Å². The van der Waals surface area contributed by atoms with Crippen molar-refractivity contribution in [1.82, 2.24) is 9.88 Å². The first kappa shape index (κ1) is 23.3. The molecule has 176 valence electrons. The summed E-state index contributed by atoms with van der Waals surface area (Å²) in [5, 5.41) is 0.220. The summed E-state index contributed by atoms with van der Waals surface area (Å²) in [5.74, 6) is 0.570. The molecular weight excluding hydrogens is 452 g/mol. The van der Waals surface area contributed by atoms with Crippen molar-refractivity contribution in [2.24, 2.45) is 0 Å². The van der Waals surface area contributed by atoms with Crippen LogP contribution in [0.25, 0.3) is 6.08 Å². The molecule has 0 radical (unpaired) electrons. The van der Waals surface area contributed by atoms with Crippen molar-refractivity contribution >= 4 is 23.0 Å². The maximum atomic E-state index is 12.1. The van der Waals surface area contributed by atoms with Gasteiger partial charge in [-0.3, -0.25) is 9.69 Å². The molecular formula is C30H28N2O2S. The van der Waals surface area contributed by atoms with Gasteiger partial charge in [-0.05, 0) is 28.7 Å². The van der Waals surface area contributed by atoms with Crippen molar-refractivity contribution in [1.29, 1.82) is 0 Å². The average Bonchev–Trinajstić information content (AvgIpc) is 3.41. The molecule has 0 N–H and O–H groups in total. The van der Waals surface area contributed by atoms with Gasteiger partial charge in [0, 0.05) is 31.3 Å². The van der Waals surface area contributed by atoms with E-state index < -0.39 is 5.54 Å². The lowest BCUT2D eigenvalue weighted by molar-refractivity contribution is -0.109. The summed E-state index contributed by atoms with van der Waals surface area (Å²) in [6.07, 6.45) is 6.11. The van der Waals surface area contributed by atoms with E-state index in [-0.39, 0.29) is 10.4 Å². The molecule has 0 aliphatic carbocycles. The van der Waals surface area contributed by atoms with Gasteiger partial charge in [-0.25, -0.2) is 4.98 Å². The molecule has 1 atom stereocenters. The van der Waals surface area contributed by atoms with Crippen LogP contribution in [0.1, 0.15) is 35.9 Å². The Balaban J connectivity index is 1.69. The highest BCUT2D eigenvalue weighted by Crippen LogP contribution is 2.45. The first-order valence-corrected chi connectivity index (χ1v) is 12.7. The molecule has 0 amide bonds. The van der Waals surface area contributed by atoms with Gasteiger partial charge in [0.05, 0.1) is 11.7 Å². The number of hydrogen-bond donors (Lipinski definition) is 0. The number of carbonyl (C=O) groups is 1. The Morgan fingerprint density at radius 1 is 0.943 bits per heavy atom. The molecule has 2 heterocycles. The minimum atomic E-state index is -0.495. The van der Waals surface area contributed by atoms with Gasteiger partial charge in [0.1, 0.15) is 6.26 Å². The molecule has 4 nitrogen and oxygen atoms in total. The first-order valence-electron chi connectivity index (χ1n) is 11.9. The molecule has 1 unspecified atom stereocenters. The monoisotopic (exact) mass is 480 g/mol. The lowest BCUT2D eigenvalue weighted by atomic mass is 9.74. The predicted octanol–water partition coefficient (Wildman–Crippen LogP) is 6.40. The summed E-state index contributed by atoms with van der Waals surface area (Å²) in [6.45, 7) is 3.17. The number of aromatic nitrogens is 1. The Morgan fingerprint density at radius 3 is 1.94 bits per heavy atom. The van der Waals surface area contributed by atoms with Gasteiger partial charge >= 0.3 is 0 Å². The normalized spacial score (nSPS) is 18.0. The maximum Gasteiger partial charge on any atom is 0.218 e. The fourth-order valence-corrected chi connectivity index (χ4v) is 6.09. The molecule has 0 spiro atoms. The van der Waals surface area contributed by atoms with Gasteiger partial charge in [0.15, 0.2) is 5.12 Å². The van der Waals surface area contributed by atoms with Crippen molar-refractivity contribution in [3.63, 3.8) is 0 Å². The highest BCUT2D eigenvalue weighted by atomic mass is 32.2. The lowest BCUT2D eigenvalue weighted by Gasteiger charge is -2.49. The second-order valence-electron chi connectivity index (χ2n) is 8.71. The van der Waals surface area contributed by atoms with E-state index in [1.807, 2.05) is 6.08 Å². The van der Waals surface area contributed by atoms with Crippen LogP contribution in [0.15, 0.2) is 113 Å². The predicted molar refractivity (Wildman–Crippen MR) is 142 cm³/mol. The maximum absolute atomic E-state index is 12.1. The zero-order valence-corrected chi connectivity index (χ0v) is 20.5. The van der Waals surface area contributed by atoms with E-state index in [2.05, 4.69) is 101 Å². The van der Waals surface area contributed by atoms with E-state index in [1.54, 1.807) is 19.4 Å². The SMILES string of the molecule is CC(=O)SC1CCN(C(c2ccccc2)(c2ccccc2)c2ccccc2)C/C1=C\c1ncco1. The van der Waals surface area contributed by atoms with E-state index in [0.29, 0.717) is 12.4 Å². The quantitative estimate of drug-likeness (QED) is 0.299. The average molecular weight is 481 g/mol. The van der Waals surface area contributed by atoms with Crippen LogP contribution in [0.4, 0.5) is 0 Å². The summed E-state index contributed by atoms with van der Waals surface area (Å²) >= 11 is 1.40. The van der Waals surface area contributed by atoms with Crippen LogP contribution in [0.2, 0.25) is 0 Å². The topological polar surface area (TPSA) is 46.3 Å². The Bertz CT molecular complexity index is 1180. The third kappa shape index (κ3) is 4.75. The second-order valence-corrected chi connectivity index (χ2v) is 10.1. The van der Waals surface area contributed by atoms with Gasteiger partial charge in [-0.1, -0.05) is 103 Å². The zero-order valence-electron chi connectivity index (χ0n) is 19.7. The van der Waals surface area contributed by atoms with Gasteiger partial charge in [0.2, 0.25) is 5.89 Å². The highest BCUT2D eigenvalue weighted by Gasteiger charge is 2.44. The third-order valence-electron chi connectivity index (χ3n) is 6.57. The number of nitrogens with zero attached hydrogens (tertiary/aromatic N) is 2. The first-order chi connectivity index (χ1) is 17.2. The molecule has 4 aromatic rings. The number of piperidine rings is 1. The fraction of sp³-hybridized carbons (Fsp3) is 0.200. The molecule has 0 bridgehead atoms. The van der Waals surface area contributed by atoms with Crippen LogP contribution < -0.4 is 0 Å². The molecule has 5 rings (SSSR count). The molecule has 1 aliphatic rings. The van der Waals surface area contributed by atoms with Crippen molar-refractivity contribution < 1.29 is 9.21 Å². The Kier molecular flexibility index (Phi) is 6.98. The van der Waals surface area contributed by atoms with E-state index in [1.165, 1.54) is 28.5 Å². The van der Waals surface area contributed by atoms with Crippen LogP contribution in [0, 0.1) is 0 Å². The Hall–Kier alpha value is -3.41. The van der Waals surface area contributed by atoms with Crippen molar-refractivity contribution in [2.75, 3.05) is 13.1 Å². The molecule has 1 aliphatic heterocycles. The van der Waals surface area contributed by atoms with Crippen molar-refractivity contribution in [2.45, 2.75) is 24.1 Å². The van der Waals surface area contributed by atoms with E-state index in [4.69, 9.17) is 4.42 Å². The molecule has 35 heavy (non-hydrogen) atoms. The molecule has 5 heteroatoms. The summed E-state index contributed by atoms with van der Waals surface area (Å²) in [5.41, 5.74) is 4.29. The van der Waals surface area contributed by atoms with Gasteiger partial charge in [0.25, 0.3) is 0 Å². The number of thioether (sulfide) groups is 1. The van der Waals surface area contributed by atoms with Crippen LogP contribution in [-0.4, -0.2) is 33.3 Å². The van der Waals surface area contributed by atoms with E-state index in [0.717, 1.165) is 18.5 Å². The van der Waals surface area contributed by atoms with Crippen LogP contribution in [0.3, 0.4) is 0 Å². The standard InChI is InChI=1S/C30H28N2O2S/c1-23(33)35-28-17-19-32(22-24(28)21-29-31-18-20-34-29)30(25-11-5-2-6-12-25,26-13-7-3-8-14-26)27-15-9-4-10-16-27/h2-16,18,20-21,28H,17,19,22H2,1H3/b24-21+. The highest BCUT2D eigenvalue weighted by molar-refractivity contribution is 8.14. The van der Waals surface area contributed by atoms with Crippen molar-refractivity contribution in [3.8, 4) is 0 Å². The summed E-state index contributed by atoms with van der Waals surface area (Å²) < 4.78 is 5.56. The van der Waals surface area contributed by atoms with Crippen LogP contribution in [0.5, 0.6) is 0 Å². The number of carbonyl (C=O) groups excluding carboxylic acids is 1. The van der Waals surface area contributed by atoms with E-state index in [9.17, 15) is 4.79 Å². The molecule has 1 fully saturated rings. The molecule has 0 saturated carbocycles. The summed E-state index contributed by atoms with van der Waals surface area (Å²) in [4.78, 5) is 19.0. The molecule has 3 aromatic carbocycles. The molecule has 1 saturated heterocycles. The minimum Gasteiger partial charge on any atom is -0.445 e. The van der Waals surface area contributed by atoms with Gasteiger partial charge in [-0.15, -0.1) is 0 Å². The number of hydrogen-bond acceptors (Lipinski definition) is 5. The van der Waals surface area contributed by atoms with Crippen LogP contribution >= 0.6 is 11.8 Å². The van der Waals surface area contributed by atoms with Crippen LogP contribution in [-0.2, 0) is 10.3 Å². The fourth-order valence-electron chi connectivity index (χ4n) is 5.17. The largest absolute Gasteiger partial charge is 0.445 e. The zero-order chi connectivity index (χ0) is 24.1. The third-order valence-corrected chi connectivity index (χ3v) is 7.72. The lowest BCUT2D eigenvalue weighted by Crippen LogP contribution is -2.52. The molecule has 1 aromatic heterocycles. The number of oxazole rings is 1. The number of rotatable bonds is 6.